The second-order valence-corrected chi connectivity index (χ2v) is 6.15. The average Bonchev–Trinajstić information content (AvgIpc) is 2.85. The molecule has 0 atom stereocenters. The summed E-state index contributed by atoms with van der Waals surface area (Å²) >= 11 is 1.51. The topological polar surface area (TPSA) is 55.1 Å². The largest absolute Gasteiger partial charge is 0.349 e. The minimum atomic E-state index is -0.183. The van der Waals surface area contributed by atoms with Crippen LogP contribution >= 0.6 is 23.7 Å². The van der Waals surface area contributed by atoms with Crippen LogP contribution in [0.4, 0.5) is 0 Å². The van der Waals surface area contributed by atoms with Gasteiger partial charge in [-0.3, -0.25) is 4.79 Å². The van der Waals surface area contributed by atoms with Crippen LogP contribution in [0.5, 0.6) is 0 Å². The van der Waals surface area contributed by atoms with Gasteiger partial charge in [-0.15, -0.1) is 23.7 Å². The number of halogens is 1. The molecule has 1 saturated carbocycles. The van der Waals surface area contributed by atoms with Crippen molar-refractivity contribution in [2.75, 3.05) is 6.54 Å². The molecule has 1 aromatic heterocycles. The molecular formula is C14H23ClN2OS. The molecule has 0 unspecified atom stereocenters. The van der Waals surface area contributed by atoms with E-state index in [2.05, 4.69) is 12.2 Å². The second-order valence-electron chi connectivity index (χ2n) is 5.23. The van der Waals surface area contributed by atoms with Gasteiger partial charge in [0.2, 0.25) is 0 Å². The molecule has 0 spiro atoms. The van der Waals surface area contributed by atoms with Gasteiger partial charge < -0.3 is 11.1 Å². The Kier molecular flexibility index (Phi) is 6.30. The summed E-state index contributed by atoms with van der Waals surface area (Å²) in [6, 6.07) is 2.03. The fourth-order valence-electron chi connectivity index (χ4n) is 2.58. The van der Waals surface area contributed by atoms with Crippen LogP contribution in [0.1, 0.15) is 54.3 Å². The number of hydrogen-bond acceptors (Lipinski definition) is 3. The standard InChI is InChI=1S/C14H22N2OS.ClH/c1-2-11-6-9-18-12(11)13(17)16-10-14(15)7-4-3-5-8-14;/h6,9H,2-5,7-8,10,15H2,1H3,(H,16,17);1H. The van der Waals surface area contributed by atoms with Crippen LogP contribution < -0.4 is 11.1 Å². The number of nitrogens with one attached hydrogen (secondary N) is 1. The van der Waals surface area contributed by atoms with Gasteiger partial charge in [0, 0.05) is 12.1 Å². The molecule has 108 valence electrons. The Morgan fingerprint density at radius 3 is 2.74 bits per heavy atom. The van der Waals surface area contributed by atoms with Crippen molar-refractivity contribution in [1.82, 2.24) is 5.32 Å². The summed E-state index contributed by atoms with van der Waals surface area (Å²) in [5.74, 6) is 0.0391. The van der Waals surface area contributed by atoms with Gasteiger partial charge in [0.15, 0.2) is 0 Å². The summed E-state index contributed by atoms with van der Waals surface area (Å²) in [6.45, 7) is 2.68. The molecule has 3 nitrogen and oxygen atoms in total. The quantitative estimate of drug-likeness (QED) is 0.898. The number of rotatable bonds is 4. The molecule has 3 N–H and O–H groups in total. The van der Waals surface area contributed by atoms with E-state index in [4.69, 9.17) is 5.73 Å². The summed E-state index contributed by atoms with van der Waals surface area (Å²) in [7, 11) is 0. The van der Waals surface area contributed by atoms with E-state index < -0.39 is 0 Å². The smallest absolute Gasteiger partial charge is 0.261 e. The summed E-state index contributed by atoms with van der Waals surface area (Å²) in [5, 5.41) is 5.00. The lowest BCUT2D eigenvalue weighted by molar-refractivity contribution is 0.0941. The van der Waals surface area contributed by atoms with Crippen molar-refractivity contribution in [3.8, 4) is 0 Å². The third kappa shape index (κ3) is 4.20. The van der Waals surface area contributed by atoms with Crippen LogP contribution in [0.2, 0.25) is 0 Å². The van der Waals surface area contributed by atoms with Crippen molar-refractivity contribution in [3.63, 3.8) is 0 Å². The first kappa shape index (κ1) is 16.5. The van der Waals surface area contributed by atoms with Crippen LogP contribution in [0.3, 0.4) is 0 Å². The molecule has 5 heteroatoms. The molecule has 2 rings (SSSR count). The van der Waals surface area contributed by atoms with Gasteiger partial charge in [-0.1, -0.05) is 26.2 Å². The molecule has 1 heterocycles. The fourth-order valence-corrected chi connectivity index (χ4v) is 3.49. The van der Waals surface area contributed by atoms with E-state index in [1.165, 1.54) is 30.6 Å². The van der Waals surface area contributed by atoms with E-state index in [9.17, 15) is 4.79 Å². The van der Waals surface area contributed by atoms with Gasteiger partial charge in [0.05, 0.1) is 4.88 Å². The highest BCUT2D eigenvalue weighted by atomic mass is 35.5. The molecule has 1 amide bonds. The summed E-state index contributed by atoms with van der Waals surface area (Å²) in [4.78, 5) is 13.0. The fraction of sp³-hybridized carbons (Fsp3) is 0.643. The summed E-state index contributed by atoms with van der Waals surface area (Å²) in [5.41, 5.74) is 7.27. The molecule has 1 fully saturated rings. The lowest BCUT2D eigenvalue weighted by Crippen LogP contribution is -2.51. The summed E-state index contributed by atoms with van der Waals surface area (Å²) in [6.07, 6.45) is 6.60. The van der Waals surface area contributed by atoms with E-state index in [1.54, 1.807) is 0 Å². The first-order valence-electron chi connectivity index (χ1n) is 6.78. The minimum absolute atomic E-state index is 0. The van der Waals surface area contributed by atoms with Crippen molar-refractivity contribution in [1.29, 1.82) is 0 Å². The van der Waals surface area contributed by atoms with E-state index in [1.807, 2.05) is 11.4 Å². The van der Waals surface area contributed by atoms with Gasteiger partial charge in [-0.05, 0) is 36.3 Å². The highest BCUT2D eigenvalue weighted by molar-refractivity contribution is 7.12. The maximum atomic E-state index is 12.1. The van der Waals surface area contributed by atoms with Crippen molar-refractivity contribution in [3.05, 3.63) is 21.9 Å². The molecule has 1 aromatic rings. The number of carbonyl (C=O) groups is 1. The Morgan fingerprint density at radius 2 is 2.11 bits per heavy atom. The van der Waals surface area contributed by atoms with Crippen LogP contribution in [0.15, 0.2) is 11.4 Å². The Morgan fingerprint density at radius 1 is 1.42 bits per heavy atom. The van der Waals surface area contributed by atoms with Crippen LogP contribution in [-0.4, -0.2) is 18.0 Å². The molecular weight excluding hydrogens is 280 g/mol. The zero-order valence-corrected chi connectivity index (χ0v) is 13.0. The molecule has 1 aliphatic rings. The third-order valence-electron chi connectivity index (χ3n) is 3.78. The monoisotopic (exact) mass is 302 g/mol. The first-order chi connectivity index (χ1) is 8.64. The molecule has 19 heavy (non-hydrogen) atoms. The molecule has 0 saturated heterocycles. The van der Waals surface area contributed by atoms with E-state index in [0.29, 0.717) is 6.54 Å². The SMILES string of the molecule is CCc1ccsc1C(=O)NCC1(N)CCCCC1.Cl. The van der Waals surface area contributed by atoms with Crippen molar-refractivity contribution in [2.45, 2.75) is 51.0 Å². The van der Waals surface area contributed by atoms with Gasteiger partial charge >= 0.3 is 0 Å². The van der Waals surface area contributed by atoms with Crippen LogP contribution in [0.25, 0.3) is 0 Å². The highest BCUT2D eigenvalue weighted by Gasteiger charge is 2.28. The van der Waals surface area contributed by atoms with Gasteiger partial charge in [-0.25, -0.2) is 0 Å². The molecule has 0 bridgehead atoms. The predicted molar refractivity (Wildman–Crippen MR) is 83.3 cm³/mol. The zero-order chi connectivity index (χ0) is 13.0. The number of amides is 1. The number of thiophene rings is 1. The third-order valence-corrected chi connectivity index (χ3v) is 4.74. The number of nitrogens with two attached hydrogens (primary N) is 1. The molecule has 0 radical (unpaired) electrons. The van der Waals surface area contributed by atoms with Crippen molar-refractivity contribution in [2.24, 2.45) is 5.73 Å². The van der Waals surface area contributed by atoms with Gasteiger partial charge in [0.25, 0.3) is 5.91 Å². The lowest BCUT2D eigenvalue weighted by Gasteiger charge is -2.33. The zero-order valence-electron chi connectivity index (χ0n) is 11.4. The maximum absolute atomic E-state index is 12.1. The maximum Gasteiger partial charge on any atom is 0.261 e. The lowest BCUT2D eigenvalue weighted by atomic mass is 9.82. The second kappa shape index (κ2) is 7.27. The Bertz CT molecular complexity index is 413. The minimum Gasteiger partial charge on any atom is -0.349 e. The van der Waals surface area contributed by atoms with Crippen LogP contribution in [0, 0.1) is 0 Å². The Labute approximate surface area is 125 Å². The number of aryl methyl sites for hydroxylation is 1. The predicted octanol–water partition coefficient (Wildman–Crippen LogP) is 3.12. The van der Waals surface area contributed by atoms with Gasteiger partial charge in [-0.2, -0.15) is 0 Å². The first-order valence-corrected chi connectivity index (χ1v) is 7.66. The van der Waals surface area contributed by atoms with Crippen molar-refractivity contribution < 1.29 is 4.79 Å². The average molecular weight is 303 g/mol. The molecule has 0 aliphatic heterocycles. The van der Waals surface area contributed by atoms with Crippen molar-refractivity contribution >= 4 is 29.7 Å². The molecule has 1 aliphatic carbocycles. The summed E-state index contributed by atoms with van der Waals surface area (Å²) < 4.78 is 0. The van der Waals surface area contributed by atoms with E-state index in [-0.39, 0.29) is 23.9 Å². The highest BCUT2D eigenvalue weighted by Crippen LogP contribution is 2.25. The van der Waals surface area contributed by atoms with E-state index >= 15 is 0 Å². The molecule has 0 aromatic carbocycles. The number of hydrogen-bond donors (Lipinski definition) is 2. The Hall–Kier alpha value is -0.580. The van der Waals surface area contributed by atoms with E-state index in [0.717, 1.165) is 29.7 Å². The van der Waals surface area contributed by atoms with Gasteiger partial charge in [0.1, 0.15) is 0 Å². The Balaban J connectivity index is 0.00000180. The normalized spacial score (nSPS) is 17.6. The van der Waals surface area contributed by atoms with Crippen LogP contribution in [-0.2, 0) is 6.42 Å². The number of carbonyl (C=O) groups excluding carboxylic acids is 1.